The fourth-order valence-corrected chi connectivity index (χ4v) is 1.97. The van der Waals surface area contributed by atoms with E-state index in [1.807, 2.05) is 0 Å². The average Bonchev–Trinajstić information content (AvgIpc) is 2.53. The Morgan fingerprint density at radius 1 is 1.43 bits per heavy atom. The third kappa shape index (κ3) is 0.807. The van der Waals surface area contributed by atoms with Crippen molar-refractivity contribution in [2.24, 2.45) is 0 Å². The molecule has 1 unspecified atom stereocenters. The van der Waals surface area contributed by atoms with Gasteiger partial charge in [-0.15, -0.1) is 0 Å². The van der Waals surface area contributed by atoms with Crippen molar-refractivity contribution in [2.45, 2.75) is 12.6 Å². The molecular weight excluding hydrogens is 180 g/mol. The lowest BCUT2D eigenvalue weighted by molar-refractivity contribution is 0.168. The van der Waals surface area contributed by atoms with Gasteiger partial charge in [0.1, 0.15) is 0 Å². The van der Waals surface area contributed by atoms with Crippen LogP contribution in [0.25, 0.3) is 11.0 Å². The number of aromatic nitrogens is 2. The minimum atomic E-state index is -0.574. The molecule has 3 rings (SSSR count). The molecule has 0 amide bonds. The molecule has 2 aromatic rings. The summed E-state index contributed by atoms with van der Waals surface area (Å²) < 4.78 is 1.57. The molecule has 4 heteroatoms. The molecule has 0 aliphatic carbocycles. The van der Waals surface area contributed by atoms with Crippen molar-refractivity contribution in [3.05, 3.63) is 40.3 Å². The molecule has 0 spiro atoms. The molecule has 0 bridgehead atoms. The van der Waals surface area contributed by atoms with E-state index >= 15 is 0 Å². The van der Waals surface area contributed by atoms with Gasteiger partial charge in [0.2, 0.25) is 0 Å². The molecule has 1 N–H and O–H groups in total. The monoisotopic (exact) mass is 188 g/mol. The van der Waals surface area contributed by atoms with Crippen LogP contribution in [0.4, 0.5) is 0 Å². The standard InChI is InChI=1S/C10H8N2O2/c13-8-5-12-9(14)2-1-7-10(12)6(8)3-4-11-7/h1-4,8,13H,5H2. The number of hydrogen-bond acceptors (Lipinski definition) is 3. The molecule has 0 aromatic carbocycles. The molecule has 1 aliphatic heterocycles. The van der Waals surface area contributed by atoms with Gasteiger partial charge in [-0.1, -0.05) is 0 Å². The number of hydrogen-bond donors (Lipinski definition) is 1. The first kappa shape index (κ1) is 7.70. The second kappa shape index (κ2) is 2.42. The minimum Gasteiger partial charge on any atom is -0.386 e. The van der Waals surface area contributed by atoms with E-state index in [2.05, 4.69) is 4.98 Å². The minimum absolute atomic E-state index is 0.0803. The zero-order valence-electron chi connectivity index (χ0n) is 7.34. The smallest absolute Gasteiger partial charge is 0.251 e. The van der Waals surface area contributed by atoms with E-state index in [4.69, 9.17) is 0 Å². The van der Waals surface area contributed by atoms with E-state index in [0.29, 0.717) is 6.54 Å². The van der Waals surface area contributed by atoms with Crippen LogP contribution in [-0.2, 0) is 6.54 Å². The van der Waals surface area contributed by atoms with Crippen LogP contribution in [0.3, 0.4) is 0 Å². The van der Waals surface area contributed by atoms with Gasteiger partial charge in [-0.05, 0) is 12.1 Å². The lowest BCUT2D eigenvalue weighted by atomic mass is 10.1. The van der Waals surface area contributed by atoms with E-state index in [0.717, 1.165) is 16.6 Å². The summed E-state index contributed by atoms with van der Waals surface area (Å²) in [5.41, 5.74) is 2.25. The first-order valence-corrected chi connectivity index (χ1v) is 4.44. The fourth-order valence-electron chi connectivity index (χ4n) is 1.97. The second-order valence-electron chi connectivity index (χ2n) is 3.43. The number of aliphatic hydroxyl groups excluding tert-OH is 1. The Balaban J connectivity index is 2.58. The highest BCUT2D eigenvalue weighted by Gasteiger charge is 2.22. The van der Waals surface area contributed by atoms with Gasteiger partial charge in [0.05, 0.1) is 23.7 Å². The molecule has 0 saturated carbocycles. The van der Waals surface area contributed by atoms with Crippen LogP contribution in [0.15, 0.2) is 29.2 Å². The van der Waals surface area contributed by atoms with Crippen LogP contribution in [-0.4, -0.2) is 14.7 Å². The van der Waals surface area contributed by atoms with Crippen molar-refractivity contribution >= 4 is 11.0 Å². The van der Waals surface area contributed by atoms with Gasteiger partial charge in [-0.3, -0.25) is 9.78 Å². The van der Waals surface area contributed by atoms with Crippen molar-refractivity contribution in [1.29, 1.82) is 0 Å². The van der Waals surface area contributed by atoms with Crippen LogP contribution < -0.4 is 5.56 Å². The quantitative estimate of drug-likeness (QED) is 0.652. The highest BCUT2D eigenvalue weighted by molar-refractivity contribution is 5.79. The van der Waals surface area contributed by atoms with Crippen LogP contribution in [0, 0.1) is 0 Å². The van der Waals surface area contributed by atoms with Crippen molar-refractivity contribution in [3.63, 3.8) is 0 Å². The van der Waals surface area contributed by atoms with Gasteiger partial charge < -0.3 is 9.67 Å². The molecule has 2 aromatic heterocycles. The van der Waals surface area contributed by atoms with Gasteiger partial charge in [0, 0.05) is 17.8 Å². The highest BCUT2D eigenvalue weighted by atomic mass is 16.3. The molecule has 0 fully saturated rings. The summed E-state index contributed by atoms with van der Waals surface area (Å²) in [6, 6.07) is 4.93. The zero-order chi connectivity index (χ0) is 9.71. The first-order chi connectivity index (χ1) is 6.77. The maximum atomic E-state index is 11.5. The summed E-state index contributed by atoms with van der Waals surface area (Å²) in [7, 11) is 0. The normalized spacial score (nSPS) is 19.1. The first-order valence-electron chi connectivity index (χ1n) is 4.44. The zero-order valence-corrected chi connectivity index (χ0v) is 7.34. The highest BCUT2D eigenvalue weighted by Crippen LogP contribution is 2.28. The topological polar surface area (TPSA) is 55.1 Å². The summed E-state index contributed by atoms with van der Waals surface area (Å²) in [4.78, 5) is 15.6. The van der Waals surface area contributed by atoms with Gasteiger partial charge in [0.15, 0.2) is 0 Å². The lowest BCUT2D eigenvalue weighted by Gasteiger charge is -2.00. The lowest BCUT2D eigenvalue weighted by Crippen LogP contribution is -2.17. The van der Waals surface area contributed by atoms with Crippen LogP contribution in [0.5, 0.6) is 0 Å². The number of nitrogens with zero attached hydrogens (tertiary/aromatic N) is 2. The SMILES string of the molecule is O=c1ccc2nccc3c2n1CC3O. The van der Waals surface area contributed by atoms with E-state index in [-0.39, 0.29) is 5.56 Å². The van der Waals surface area contributed by atoms with Gasteiger partial charge in [-0.2, -0.15) is 0 Å². The third-order valence-electron chi connectivity index (χ3n) is 2.62. The predicted octanol–water partition coefficient (Wildman–Crippen LogP) is 0.443. The fraction of sp³-hybridized carbons (Fsp3) is 0.200. The molecule has 0 radical (unpaired) electrons. The summed E-state index contributed by atoms with van der Waals surface area (Å²) in [5.74, 6) is 0. The van der Waals surface area contributed by atoms with Crippen molar-refractivity contribution in [3.8, 4) is 0 Å². The summed E-state index contributed by atoms with van der Waals surface area (Å²) in [6.07, 6.45) is 1.08. The Morgan fingerprint density at radius 3 is 3.14 bits per heavy atom. The van der Waals surface area contributed by atoms with E-state index in [9.17, 15) is 9.90 Å². The molecule has 3 heterocycles. The Kier molecular flexibility index (Phi) is 1.33. The Hall–Kier alpha value is -1.68. The number of rotatable bonds is 0. The molecule has 1 aliphatic rings. The maximum absolute atomic E-state index is 11.5. The van der Waals surface area contributed by atoms with E-state index < -0.39 is 6.10 Å². The van der Waals surface area contributed by atoms with Gasteiger partial charge >= 0.3 is 0 Å². The Morgan fingerprint density at radius 2 is 2.29 bits per heavy atom. The Labute approximate surface area is 79.4 Å². The van der Waals surface area contributed by atoms with E-state index in [1.165, 1.54) is 6.07 Å². The molecule has 1 atom stereocenters. The Bertz CT molecular complexity index is 574. The maximum Gasteiger partial charge on any atom is 0.251 e. The molecule has 70 valence electrons. The van der Waals surface area contributed by atoms with E-state index in [1.54, 1.807) is 22.9 Å². The van der Waals surface area contributed by atoms with Crippen molar-refractivity contribution in [1.82, 2.24) is 9.55 Å². The molecule has 0 saturated heterocycles. The third-order valence-corrected chi connectivity index (χ3v) is 2.62. The summed E-state index contributed by atoms with van der Waals surface area (Å²) >= 11 is 0. The largest absolute Gasteiger partial charge is 0.386 e. The average molecular weight is 188 g/mol. The summed E-state index contributed by atoms with van der Waals surface area (Å²) in [6.45, 7) is 0.344. The summed E-state index contributed by atoms with van der Waals surface area (Å²) in [5, 5.41) is 9.70. The number of pyridine rings is 2. The van der Waals surface area contributed by atoms with Crippen LogP contribution >= 0.6 is 0 Å². The van der Waals surface area contributed by atoms with Crippen molar-refractivity contribution < 1.29 is 5.11 Å². The molecule has 14 heavy (non-hydrogen) atoms. The predicted molar refractivity (Wildman–Crippen MR) is 51.0 cm³/mol. The second-order valence-corrected chi connectivity index (χ2v) is 3.43. The molecule has 4 nitrogen and oxygen atoms in total. The van der Waals surface area contributed by atoms with Gasteiger partial charge in [0.25, 0.3) is 5.56 Å². The van der Waals surface area contributed by atoms with Crippen LogP contribution in [0.1, 0.15) is 11.7 Å². The van der Waals surface area contributed by atoms with Crippen molar-refractivity contribution in [2.75, 3.05) is 0 Å². The molecular formula is C10H8N2O2. The van der Waals surface area contributed by atoms with Crippen LogP contribution in [0.2, 0.25) is 0 Å². The number of aliphatic hydroxyl groups is 1. The van der Waals surface area contributed by atoms with Gasteiger partial charge in [-0.25, -0.2) is 0 Å².